The smallest absolute Gasteiger partial charge is 0.311 e. The Morgan fingerprint density at radius 2 is 2.40 bits per heavy atom. The number of nitrogens with zero attached hydrogens (tertiary/aromatic N) is 1. The number of aliphatic carboxylic acids is 1. The van der Waals surface area contributed by atoms with Gasteiger partial charge >= 0.3 is 5.97 Å². The first kappa shape index (κ1) is 12.1. The molecule has 0 fully saturated rings. The van der Waals surface area contributed by atoms with E-state index in [9.17, 15) is 4.79 Å². The summed E-state index contributed by atoms with van der Waals surface area (Å²) in [6.07, 6.45) is 2.08. The van der Waals surface area contributed by atoms with E-state index in [-0.39, 0.29) is 0 Å². The lowest BCUT2D eigenvalue weighted by molar-refractivity contribution is -0.138. The number of thiol groups is 1. The maximum atomic E-state index is 11.0. The summed E-state index contributed by atoms with van der Waals surface area (Å²) < 4.78 is 1.73. The molecular formula is C9H12N2O2S2. The predicted octanol–water partition coefficient (Wildman–Crippen LogP) is 2.07. The Morgan fingerprint density at radius 1 is 1.80 bits per heavy atom. The minimum absolute atomic E-state index is 0.316. The van der Waals surface area contributed by atoms with Gasteiger partial charge in [-0.25, -0.2) is 0 Å². The molecule has 1 aromatic heterocycles. The van der Waals surface area contributed by atoms with Crippen LogP contribution in [0.25, 0.3) is 0 Å². The standard InChI is InChI=1S/C9H12N2O2S2/c1-2-5(9(12)13)6-3-4-11(15)8(14)7(6)10/h3-5,15H,2,10H2,1H3,(H,12,13). The molecule has 1 atom stereocenters. The molecule has 1 rings (SSSR count). The molecule has 0 aliphatic rings. The van der Waals surface area contributed by atoms with E-state index >= 15 is 0 Å². The van der Waals surface area contributed by atoms with Crippen molar-refractivity contribution in [2.45, 2.75) is 19.3 Å². The molecular weight excluding hydrogens is 232 g/mol. The van der Waals surface area contributed by atoms with Crippen LogP contribution >= 0.6 is 25.0 Å². The summed E-state index contributed by atoms with van der Waals surface area (Å²) in [5.74, 6) is -1.50. The first-order valence-electron chi connectivity index (χ1n) is 4.42. The van der Waals surface area contributed by atoms with Crippen LogP contribution in [0.4, 0.5) is 5.69 Å². The molecule has 0 aliphatic heterocycles. The highest BCUT2D eigenvalue weighted by molar-refractivity contribution is 7.79. The number of pyridine rings is 1. The maximum Gasteiger partial charge on any atom is 0.311 e. The highest BCUT2D eigenvalue weighted by Gasteiger charge is 2.20. The van der Waals surface area contributed by atoms with Gasteiger partial charge < -0.3 is 10.8 Å². The third kappa shape index (κ3) is 2.32. The van der Waals surface area contributed by atoms with Gasteiger partial charge in [-0.1, -0.05) is 32.0 Å². The minimum Gasteiger partial charge on any atom is -0.481 e. The Hall–Kier alpha value is -1.01. The van der Waals surface area contributed by atoms with Crippen LogP contribution in [-0.2, 0) is 4.79 Å². The molecule has 4 nitrogen and oxygen atoms in total. The fraction of sp³-hybridized carbons (Fsp3) is 0.333. The first-order chi connectivity index (χ1) is 6.99. The summed E-state index contributed by atoms with van der Waals surface area (Å²) in [6.45, 7) is 1.79. The third-order valence-corrected chi connectivity index (χ3v) is 3.11. The topological polar surface area (TPSA) is 68.2 Å². The molecule has 3 N–H and O–H groups in total. The maximum absolute atomic E-state index is 11.0. The second kappa shape index (κ2) is 4.67. The number of carboxylic acids is 1. The number of hydrogen-bond acceptors (Lipinski definition) is 4. The number of rotatable bonds is 3. The molecule has 0 saturated heterocycles. The molecule has 1 heterocycles. The van der Waals surface area contributed by atoms with Crippen molar-refractivity contribution in [1.29, 1.82) is 0 Å². The zero-order valence-corrected chi connectivity index (χ0v) is 9.89. The highest BCUT2D eigenvalue weighted by Crippen LogP contribution is 2.26. The first-order valence-corrected chi connectivity index (χ1v) is 5.23. The average Bonchev–Trinajstić information content (AvgIpc) is 2.18. The van der Waals surface area contributed by atoms with Gasteiger partial charge in [-0.05, 0) is 18.1 Å². The van der Waals surface area contributed by atoms with E-state index in [2.05, 4.69) is 12.8 Å². The van der Waals surface area contributed by atoms with E-state index < -0.39 is 11.9 Å². The fourth-order valence-electron chi connectivity index (χ4n) is 1.39. The van der Waals surface area contributed by atoms with Crippen molar-refractivity contribution in [3.05, 3.63) is 22.5 Å². The second-order valence-corrected chi connectivity index (χ2v) is 3.95. The Morgan fingerprint density at radius 3 is 2.87 bits per heavy atom. The van der Waals surface area contributed by atoms with Crippen molar-refractivity contribution >= 4 is 36.7 Å². The van der Waals surface area contributed by atoms with Crippen LogP contribution in [-0.4, -0.2) is 15.0 Å². The zero-order valence-electron chi connectivity index (χ0n) is 8.17. The van der Waals surface area contributed by atoms with Crippen LogP contribution in [0.5, 0.6) is 0 Å². The Bertz CT molecular complexity index is 442. The van der Waals surface area contributed by atoms with E-state index in [1.54, 1.807) is 19.2 Å². The van der Waals surface area contributed by atoms with Crippen molar-refractivity contribution in [1.82, 2.24) is 3.97 Å². The predicted molar refractivity (Wildman–Crippen MR) is 64.7 cm³/mol. The van der Waals surface area contributed by atoms with Gasteiger partial charge in [0.05, 0.1) is 11.6 Å². The molecule has 0 bridgehead atoms. The van der Waals surface area contributed by atoms with Crippen molar-refractivity contribution in [3.63, 3.8) is 0 Å². The van der Waals surface area contributed by atoms with Gasteiger partial charge in [0.15, 0.2) is 0 Å². The van der Waals surface area contributed by atoms with Gasteiger partial charge in [-0.15, -0.1) is 0 Å². The molecule has 0 saturated carbocycles. The lowest BCUT2D eigenvalue weighted by Gasteiger charge is -2.13. The SMILES string of the molecule is CCC(C(=O)O)c1ccn(S)c(=S)c1N. The monoisotopic (exact) mass is 244 g/mol. The average molecular weight is 244 g/mol. The number of nitrogens with two attached hydrogens (primary N) is 1. The number of carboxylic acid groups (broad SMARTS) is 1. The fourth-order valence-corrected chi connectivity index (χ4v) is 1.74. The number of hydrogen-bond donors (Lipinski definition) is 3. The second-order valence-electron chi connectivity index (χ2n) is 3.13. The van der Waals surface area contributed by atoms with Gasteiger partial charge in [0.1, 0.15) is 4.64 Å². The molecule has 6 heteroatoms. The van der Waals surface area contributed by atoms with Crippen molar-refractivity contribution in [2.75, 3.05) is 5.73 Å². The van der Waals surface area contributed by atoms with Crippen LogP contribution in [0, 0.1) is 4.64 Å². The number of anilines is 1. The number of nitrogen functional groups attached to an aromatic ring is 1. The van der Waals surface area contributed by atoms with Gasteiger partial charge in [-0.2, -0.15) is 0 Å². The van der Waals surface area contributed by atoms with Crippen molar-refractivity contribution < 1.29 is 9.90 Å². The molecule has 0 radical (unpaired) electrons. The largest absolute Gasteiger partial charge is 0.481 e. The van der Waals surface area contributed by atoms with E-state index in [0.29, 0.717) is 22.3 Å². The lowest BCUT2D eigenvalue weighted by atomic mass is 9.96. The van der Waals surface area contributed by atoms with E-state index in [4.69, 9.17) is 23.1 Å². The lowest BCUT2D eigenvalue weighted by Crippen LogP contribution is -2.13. The van der Waals surface area contributed by atoms with E-state index in [0.717, 1.165) is 0 Å². The van der Waals surface area contributed by atoms with Crippen molar-refractivity contribution in [2.24, 2.45) is 0 Å². The number of aromatic nitrogens is 1. The minimum atomic E-state index is -0.893. The molecule has 0 aromatic carbocycles. The van der Waals surface area contributed by atoms with E-state index in [1.807, 2.05) is 0 Å². The van der Waals surface area contributed by atoms with Gasteiger partial charge in [0.25, 0.3) is 0 Å². The molecule has 82 valence electrons. The summed E-state index contributed by atoms with van der Waals surface area (Å²) >= 11 is 9.05. The normalized spacial score (nSPS) is 12.4. The summed E-state index contributed by atoms with van der Waals surface area (Å²) in [5.41, 5.74) is 6.63. The Balaban J connectivity index is 3.32. The summed E-state index contributed by atoms with van der Waals surface area (Å²) in [7, 11) is 0. The molecule has 0 aliphatic carbocycles. The molecule has 1 unspecified atom stereocenters. The Kier molecular flexibility index (Phi) is 3.76. The Labute approximate surface area is 98.3 Å². The van der Waals surface area contributed by atoms with Crippen LogP contribution in [0.2, 0.25) is 0 Å². The molecule has 0 amide bonds. The quantitative estimate of drug-likeness (QED) is 0.562. The third-order valence-electron chi connectivity index (χ3n) is 2.23. The van der Waals surface area contributed by atoms with Crippen LogP contribution < -0.4 is 5.73 Å². The van der Waals surface area contributed by atoms with Crippen LogP contribution in [0.15, 0.2) is 12.3 Å². The summed E-state index contributed by atoms with van der Waals surface area (Å²) in [6, 6.07) is 1.64. The summed E-state index contributed by atoms with van der Waals surface area (Å²) in [5, 5.41) is 9.00. The zero-order chi connectivity index (χ0) is 11.6. The van der Waals surface area contributed by atoms with Crippen molar-refractivity contribution in [3.8, 4) is 0 Å². The van der Waals surface area contributed by atoms with Gasteiger partial charge in [0.2, 0.25) is 0 Å². The highest BCUT2D eigenvalue weighted by atomic mass is 32.1. The molecule has 1 aromatic rings. The molecule has 0 spiro atoms. The number of carbonyl (C=O) groups is 1. The summed E-state index contributed by atoms with van der Waals surface area (Å²) in [4.78, 5) is 11.0. The molecule has 15 heavy (non-hydrogen) atoms. The van der Waals surface area contributed by atoms with Gasteiger partial charge in [0, 0.05) is 6.20 Å². The van der Waals surface area contributed by atoms with Gasteiger partial charge in [-0.3, -0.25) is 8.77 Å². The van der Waals surface area contributed by atoms with Crippen LogP contribution in [0.1, 0.15) is 24.8 Å². The van der Waals surface area contributed by atoms with Crippen LogP contribution in [0.3, 0.4) is 0 Å². The van der Waals surface area contributed by atoms with E-state index in [1.165, 1.54) is 3.97 Å².